The van der Waals surface area contributed by atoms with E-state index in [-0.39, 0.29) is 11.8 Å². The quantitative estimate of drug-likeness (QED) is 0.386. The second-order valence-corrected chi connectivity index (χ2v) is 9.41. The van der Waals surface area contributed by atoms with Gasteiger partial charge in [0.15, 0.2) is 0 Å². The first-order valence-corrected chi connectivity index (χ1v) is 14.0. The van der Waals surface area contributed by atoms with Gasteiger partial charge >= 0.3 is 0 Å². The lowest BCUT2D eigenvalue weighted by Crippen LogP contribution is -2.34. The molecule has 10 nitrogen and oxygen atoms in total. The van der Waals surface area contributed by atoms with Crippen molar-refractivity contribution in [2.75, 3.05) is 17.3 Å². The van der Waals surface area contributed by atoms with Gasteiger partial charge in [-0.25, -0.2) is 9.36 Å². The number of pyridine rings is 2. The van der Waals surface area contributed by atoms with Gasteiger partial charge < -0.3 is 5.32 Å². The molecular weight excluding hydrogens is 504 g/mol. The Bertz CT molecular complexity index is 1490. The Morgan fingerprint density at radius 3 is 2.25 bits per heavy atom. The highest BCUT2D eigenvalue weighted by atomic mass is 16.2. The fourth-order valence-electron chi connectivity index (χ4n) is 5.04. The van der Waals surface area contributed by atoms with E-state index in [2.05, 4.69) is 41.2 Å². The molecule has 2 aliphatic rings. The summed E-state index contributed by atoms with van der Waals surface area (Å²) < 4.78 is 3.82. The van der Waals surface area contributed by atoms with Crippen molar-refractivity contribution in [2.45, 2.75) is 73.4 Å². The van der Waals surface area contributed by atoms with Gasteiger partial charge in [0.25, 0.3) is 0 Å². The second kappa shape index (κ2) is 12.7. The van der Waals surface area contributed by atoms with Crippen molar-refractivity contribution in [3.8, 4) is 22.5 Å². The van der Waals surface area contributed by atoms with Gasteiger partial charge in [0.2, 0.25) is 11.8 Å². The van der Waals surface area contributed by atoms with Gasteiger partial charge in [0.05, 0.1) is 24.5 Å². The zero-order chi connectivity index (χ0) is 28.8. The lowest BCUT2D eigenvalue weighted by molar-refractivity contribution is -0.119. The SMILES string of the molecule is CC.CCc1c(-c2cccnc2)nn2c1NC(=O)CC2.CCc1c(-c2cnccc2C)nn2c1N(C)C(=O)CC2. The third-order valence-corrected chi connectivity index (χ3v) is 7.05. The maximum atomic E-state index is 11.9. The van der Waals surface area contributed by atoms with Crippen LogP contribution < -0.4 is 10.2 Å². The number of fused-ring (bicyclic) bond motifs is 2. The van der Waals surface area contributed by atoms with E-state index in [9.17, 15) is 9.59 Å². The molecule has 10 heteroatoms. The van der Waals surface area contributed by atoms with E-state index in [0.29, 0.717) is 25.9 Å². The number of carbonyl (C=O) groups is 2. The van der Waals surface area contributed by atoms with E-state index >= 15 is 0 Å². The highest BCUT2D eigenvalue weighted by Gasteiger charge is 2.28. The first-order valence-electron chi connectivity index (χ1n) is 14.0. The van der Waals surface area contributed by atoms with E-state index < -0.39 is 0 Å². The van der Waals surface area contributed by atoms with Gasteiger partial charge in [-0.15, -0.1) is 0 Å². The Kier molecular flexibility index (Phi) is 9.08. The number of hydrogen-bond acceptors (Lipinski definition) is 6. The zero-order valence-corrected chi connectivity index (χ0v) is 24.2. The standard InChI is InChI=1S/C15H18N4O.C13H14N4O.C2H6/c1-4-11-14(12-9-16-7-5-10(12)2)17-19-8-6-13(20)18(3)15(11)19;1-2-10-12(9-4-3-6-14-8-9)16-17-7-5-11(18)15-13(10)17;1-2/h5,7,9H,4,6,8H2,1-3H3;3-4,6,8H,2,5,7H2,1H3,(H,15,18);1-2H3. The summed E-state index contributed by atoms with van der Waals surface area (Å²) in [5.41, 5.74) is 7.27. The van der Waals surface area contributed by atoms with Crippen molar-refractivity contribution in [1.82, 2.24) is 29.5 Å². The Morgan fingerprint density at radius 1 is 0.875 bits per heavy atom. The molecule has 0 aromatic carbocycles. The van der Waals surface area contributed by atoms with Crippen molar-refractivity contribution < 1.29 is 9.59 Å². The molecule has 40 heavy (non-hydrogen) atoms. The van der Waals surface area contributed by atoms with Crippen LogP contribution in [-0.4, -0.2) is 48.4 Å². The van der Waals surface area contributed by atoms with Gasteiger partial charge in [-0.2, -0.15) is 10.2 Å². The summed E-state index contributed by atoms with van der Waals surface area (Å²) in [6, 6.07) is 5.87. The average molecular weight is 543 g/mol. The summed E-state index contributed by atoms with van der Waals surface area (Å²) in [6.45, 7) is 11.5. The monoisotopic (exact) mass is 542 g/mol. The Balaban J connectivity index is 0.000000175. The number of rotatable bonds is 4. The number of anilines is 2. The predicted molar refractivity (Wildman–Crippen MR) is 157 cm³/mol. The van der Waals surface area contributed by atoms with Crippen LogP contribution in [0.3, 0.4) is 0 Å². The lowest BCUT2D eigenvalue weighted by atomic mass is 10.0. The number of hydrogen-bond donors (Lipinski definition) is 1. The van der Waals surface area contributed by atoms with Crippen LogP contribution >= 0.6 is 0 Å². The van der Waals surface area contributed by atoms with E-state index in [1.807, 2.05) is 54.7 Å². The Hall–Kier alpha value is -4.34. The molecule has 0 saturated heterocycles. The van der Waals surface area contributed by atoms with Crippen molar-refractivity contribution in [1.29, 1.82) is 0 Å². The van der Waals surface area contributed by atoms with E-state index in [1.54, 1.807) is 23.5 Å². The van der Waals surface area contributed by atoms with Crippen LogP contribution in [0.15, 0.2) is 43.0 Å². The fourth-order valence-corrected chi connectivity index (χ4v) is 5.04. The van der Waals surface area contributed by atoms with Crippen LogP contribution in [-0.2, 0) is 35.5 Å². The molecule has 0 atom stereocenters. The summed E-state index contributed by atoms with van der Waals surface area (Å²) in [6.07, 6.45) is 9.86. The van der Waals surface area contributed by atoms with Gasteiger partial charge in [-0.1, -0.05) is 27.7 Å². The summed E-state index contributed by atoms with van der Waals surface area (Å²) >= 11 is 0. The lowest BCUT2D eigenvalue weighted by Gasteiger charge is -2.24. The molecule has 0 bridgehead atoms. The number of amides is 2. The van der Waals surface area contributed by atoms with Crippen LogP contribution in [0.4, 0.5) is 11.6 Å². The number of aryl methyl sites for hydroxylation is 3. The van der Waals surface area contributed by atoms with Crippen molar-refractivity contribution in [3.05, 3.63) is 59.7 Å². The van der Waals surface area contributed by atoms with Gasteiger partial charge in [0, 0.05) is 66.9 Å². The third kappa shape index (κ3) is 5.52. The fraction of sp³-hybridized carbons (Fsp3) is 0.400. The van der Waals surface area contributed by atoms with E-state index in [0.717, 1.165) is 63.7 Å². The molecule has 6 heterocycles. The zero-order valence-electron chi connectivity index (χ0n) is 24.2. The molecule has 4 aromatic rings. The molecule has 1 N–H and O–H groups in total. The summed E-state index contributed by atoms with van der Waals surface area (Å²) in [7, 11) is 1.83. The molecule has 0 unspecified atom stereocenters. The first kappa shape index (κ1) is 28.7. The molecule has 2 amide bonds. The number of carbonyl (C=O) groups excluding carboxylic acids is 2. The van der Waals surface area contributed by atoms with Crippen molar-refractivity contribution >= 4 is 23.5 Å². The summed E-state index contributed by atoms with van der Waals surface area (Å²) in [4.78, 5) is 33.4. The van der Waals surface area contributed by atoms with E-state index in [1.165, 1.54) is 0 Å². The minimum atomic E-state index is 0.0647. The highest BCUT2D eigenvalue weighted by molar-refractivity contribution is 5.95. The van der Waals surface area contributed by atoms with Gasteiger partial charge in [-0.3, -0.25) is 24.5 Å². The molecule has 0 fully saturated rings. The maximum Gasteiger partial charge on any atom is 0.229 e. The predicted octanol–water partition coefficient (Wildman–Crippen LogP) is 5.06. The summed E-state index contributed by atoms with van der Waals surface area (Å²) in [5, 5.41) is 12.2. The largest absolute Gasteiger partial charge is 0.311 e. The number of nitrogens with zero attached hydrogens (tertiary/aromatic N) is 7. The van der Waals surface area contributed by atoms with Crippen LogP contribution in [0.1, 0.15) is 57.2 Å². The molecule has 2 aliphatic heterocycles. The van der Waals surface area contributed by atoms with Gasteiger partial charge in [0.1, 0.15) is 11.6 Å². The number of nitrogens with one attached hydrogen (secondary N) is 1. The van der Waals surface area contributed by atoms with Crippen LogP contribution in [0, 0.1) is 6.92 Å². The van der Waals surface area contributed by atoms with Gasteiger partial charge in [-0.05, 0) is 43.5 Å². The van der Waals surface area contributed by atoms with E-state index in [4.69, 9.17) is 5.10 Å². The molecule has 0 spiro atoms. The van der Waals surface area contributed by atoms with Crippen LogP contribution in [0.5, 0.6) is 0 Å². The number of aromatic nitrogens is 6. The maximum absolute atomic E-state index is 11.9. The smallest absolute Gasteiger partial charge is 0.229 e. The Morgan fingerprint density at radius 2 is 1.57 bits per heavy atom. The normalized spacial score (nSPS) is 13.8. The van der Waals surface area contributed by atoms with Crippen molar-refractivity contribution in [2.24, 2.45) is 0 Å². The molecule has 0 aliphatic carbocycles. The first-order chi connectivity index (χ1) is 19.4. The minimum absolute atomic E-state index is 0.0647. The molecule has 4 aromatic heterocycles. The topological polar surface area (TPSA) is 111 Å². The Labute approximate surface area is 235 Å². The average Bonchev–Trinajstić information content (AvgIpc) is 3.55. The summed E-state index contributed by atoms with van der Waals surface area (Å²) in [5.74, 6) is 1.99. The van der Waals surface area contributed by atoms with Crippen molar-refractivity contribution in [3.63, 3.8) is 0 Å². The molecule has 6 rings (SSSR count). The van der Waals surface area contributed by atoms with Crippen LogP contribution in [0.2, 0.25) is 0 Å². The van der Waals surface area contributed by atoms with Crippen LogP contribution in [0.25, 0.3) is 22.5 Å². The molecule has 0 saturated carbocycles. The highest BCUT2D eigenvalue weighted by Crippen LogP contribution is 2.35. The second-order valence-electron chi connectivity index (χ2n) is 9.41. The molecule has 0 radical (unpaired) electrons. The molecular formula is C30H38N8O2. The molecule has 210 valence electrons. The minimum Gasteiger partial charge on any atom is -0.311 e. The third-order valence-electron chi connectivity index (χ3n) is 7.05.